The smallest absolute Gasteiger partial charge is 0.144 e. The minimum absolute atomic E-state index is 0.0404. The zero-order chi connectivity index (χ0) is 14.5. The molecule has 1 saturated carbocycles. The number of carbonyl (C=O) groups is 1. The van der Waals surface area contributed by atoms with Crippen molar-refractivity contribution in [1.82, 2.24) is 5.43 Å². The number of benzene rings is 1. The predicted molar refractivity (Wildman–Crippen MR) is 71.3 cm³/mol. The van der Waals surface area contributed by atoms with Gasteiger partial charge < -0.3 is 5.43 Å². The molecule has 0 spiro atoms. The fourth-order valence-electron chi connectivity index (χ4n) is 3.20. The Morgan fingerprint density at radius 1 is 1.35 bits per heavy atom. The molecule has 0 unspecified atom stereocenters. The van der Waals surface area contributed by atoms with Gasteiger partial charge >= 0.3 is 0 Å². The molecule has 0 aromatic heterocycles. The number of halogens is 2. The highest BCUT2D eigenvalue weighted by atomic mass is 19.1. The number of hydrazone groups is 1. The van der Waals surface area contributed by atoms with Crippen molar-refractivity contribution in [2.75, 3.05) is 0 Å². The highest BCUT2D eigenvalue weighted by Gasteiger charge is 2.46. The molecule has 0 radical (unpaired) electrons. The molecule has 1 fully saturated rings. The Bertz CT molecular complexity index is 610. The van der Waals surface area contributed by atoms with Crippen molar-refractivity contribution in [2.24, 2.45) is 16.4 Å². The lowest BCUT2D eigenvalue weighted by atomic mass is 9.68. The van der Waals surface area contributed by atoms with Gasteiger partial charge in [-0.15, -0.1) is 0 Å². The van der Waals surface area contributed by atoms with Gasteiger partial charge in [-0.1, -0.05) is 13.8 Å². The van der Waals surface area contributed by atoms with Crippen LogP contribution in [0, 0.1) is 23.0 Å². The molecule has 1 aromatic rings. The van der Waals surface area contributed by atoms with Gasteiger partial charge in [-0.25, -0.2) is 8.78 Å². The molecule has 1 aromatic carbocycles. The van der Waals surface area contributed by atoms with E-state index in [0.29, 0.717) is 12.1 Å². The average Bonchev–Trinajstić information content (AvgIpc) is 2.74. The van der Waals surface area contributed by atoms with Gasteiger partial charge in [-0.05, 0) is 30.0 Å². The highest BCUT2D eigenvalue weighted by molar-refractivity contribution is 6.15. The molecule has 3 rings (SSSR count). The van der Waals surface area contributed by atoms with E-state index < -0.39 is 17.6 Å². The standard InChI is InChI=1S/C15H16F2N2O/c1-15(2)6-11-13(12(20)7-15)14(19-18-11)9-5-8(16)3-4-10(9)17/h3-5,11,13,18H,6-7H2,1-2H3/t11-,13-/m1/s1. The normalized spacial score (nSPS) is 27.8. The van der Waals surface area contributed by atoms with Gasteiger partial charge in [0.05, 0.1) is 17.7 Å². The minimum atomic E-state index is -0.551. The van der Waals surface area contributed by atoms with Crippen LogP contribution in [0.2, 0.25) is 0 Å². The summed E-state index contributed by atoms with van der Waals surface area (Å²) < 4.78 is 27.2. The van der Waals surface area contributed by atoms with Gasteiger partial charge in [-0.2, -0.15) is 5.10 Å². The highest BCUT2D eigenvalue weighted by Crippen LogP contribution is 2.39. The maximum Gasteiger partial charge on any atom is 0.144 e. The first-order valence-electron chi connectivity index (χ1n) is 6.69. The number of Topliss-reactive ketones (excluding diaryl/α,β-unsaturated/α-hetero) is 1. The molecule has 1 aliphatic carbocycles. The van der Waals surface area contributed by atoms with Crippen LogP contribution in [0.3, 0.4) is 0 Å². The van der Waals surface area contributed by atoms with E-state index in [4.69, 9.17) is 0 Å². The van der Waals surface area contributed by atoms with E-state index in [1.807, 2.05) is 13.8 Å². The molecule has 0 saturated heterocycles. The second kappa shape index (κ2) is 4.36. The first kappa shape index (κ1) is 13.2. The van der Waals surface area contributed by atoms with Crippen molar-refractivity contribution in [3.8, 4) is 0 Å². The third kappa shape index (κ3) is 2.11. The number of fused-ring (bicyclic) bond motifs is 1. The molecule has 5 heteroatoms. The maximum absolute atomic E-state index is 13.9. The fourth-order valence-corrected chi connectivity index (χ4v) is 3.20. The maximum atomic E-state index is 13.9. The second-order valence-corrected chi connectivity index (χ2v) is 6.35. The monoisotopic (exact) mass is 278 g/mol. The number of ketones is 1. The van der Waals surface area contributed by atoms with Crippen molar-refractivity contribution in [3.05, 3.63) is 35.4 Å². The van der Waals surface area contributed by atoms with E-state index in [-0.39, 0.29) is 22.8 Å². The zero-order valence-electron chi connectivity index (χ0n) is 11.4. The van der Waals surface area contributed by atoms with Crippen molar-refractivity contribution in [1.29, 1.82) is 0 Å². The average molecular weight is 278 g/mol. The Morgan fingerprint density at radius 2 is 2.10 bits per heavy atom. The lowest BCUT2D eigenvalue weighted by Gasteiger charge is -2.36. The van der Waals surface area contributed by atoms with Crippen LogP contribution in [0.5, 0.6) is 0 Å². The van der Waals surface area contributed by atoms with Crippen LogP contribution in [0.25, 0.3) is 0 Å². The third-order valence-electron chi connectivity index (χ3n) is 4.02. The summed E-state index contributed by atoms with van der Waals surface area (Å²) in [5.41, 5.74) is 3.24. The van der Waals surface area contributed by atoms with Gasteiger partial charge in [0.2, 0.25) is 0 Å². The second-order valence-electron chi connectivity index (χ2n) is 6.35. The molecule has 3 nitrogen and oxygen atoms in total. The topological polar surface area (TPSA) is 41.5 Å². The van der Waals surface area contributed by atoms with Crippen LogP contribution < -0.4 is 5.43 Å². The summed E-state index contributed by atoms with van der Waals surface area (Å²) in [6.45, 7) is 4.06. The summed E-state index contributed by atoms with van der Waals surface area (Å²) in [6.07, 6.45) is 1.22. The third-order valence-corrected chi connectivity index (χ3v) is 4.02. The largest absolute Gasteiger partial charge is 0.306 e. The first-order valence-corrected chi connectivity index (χ1v) is 6.69. The Morgan fingerprint density at radius 3 is 2.85 bits per heavy atom. The summed E-state index contributed by atoms with van der Waals surface area (Å²) in [7, 11) is 0. The molecule has 1 aliphatic heterocycles. The quantitative estimate of drug-likeness (QED) is 0.858. The fraction of sp³-hybridized carbons (Fsp3) is 0.467. The van der Waals surface area contributed by atoms with E-state index in [1.54, 1.807) is 0 Å². The van der Waals surface area contributed by atoms with Crippen LogP contribution in [-0.2, 0) is 4.79 Å². The molecule has 20 heavy (non-hydrogen) atoms. The SMILES string of the molecule is CC1(C)CC(=O)[C@@H]2C(c3cc(F)ccc3F)=NN[C@@H]2C1. The molecule has 2 atom stereocenters. The van der Waals surface area contributed by atoms with E-state index in [1.165, 1.54) is 0 Å². The van der Waals surface area contributed by atoms with E-state index in [2.05, 4.69) is 10.5 Å². The van der Waals surface area contributed by atoms with Gasteiger partial charge in [0.1, 0.15) is 17.4 Å². The minimum Gasteiger partial charge on any atom is -0.306 e. The summed E-state index contributed by atoms with van der Waals surface area (Å²) in [5.74, 6) is -1.51. The number of rotatable bonds is 1. The number of carbonyl (C=O) groups excluding carboxylic acids is 1. The van der Waals surface area contributed by atoms with E-state index >= 15 is 0 Å². The van der Waals surface area contributed by atoms with Crippen molar-refractivity contribution < 1.29 is 13.6 Å². The Hall–Kier alpha value is -1.78. The van der Waals surface area contributed by atoms with Gasteiger partial charge in [-0.3, -0.25) is 4.79 Å². The Labute approximate surface area is 116 Å². The van der Waals surface area contributed by atoms with Crippen molar-refractivity contribution in [3.63, 3.8) is 0 Å². The van der Waals surface area contributed by atoms with Gasteiger partial charge in [0, 0.05) is 12.0 Å². The molecule has 2 aliphatic rings. The summed E-state index contributed by atoms with van der Waals surface area (Å²) in [5, 5.41) is 4.11. The molecule has 1 heterocycles. The number of hydrogen-bond acceptors (Lipinski definition) is 3. The number of hydrogen-bond donors (Lipinski definition) is 1. The molecule has 0 bridgehead atoms. The van der Waals surface area contributed by atoms with Crippen molar-refractivity contribution >= 4 is 11.5 Å². The Balaban J connectivity index is 1.97. The lowest BCUT2D eigenvalue weighted by molar-refractivity contribution is -0.126. The van der Waals surface area contributed by atoms with Crippen LogP contribution in [0.1, 0.15) is 32.3 Å². The van der Waals surface area contributed by atoms with Crippen LogP contribution in [-0.4, -0.2) is 17.5 Å². The molecule has 106 valence electrons. The number of nitrogens with one attached hydrogen (secondary N) is 1. The first-order chi connectivity index (χ1) is 9.37. The van der Waals surface area contributed by atoms with Gasteiger partial charge in [0.15, 0.2) is 0 Å². The van der Waals surface area contributed by atoms with E-state index in [9.17, 15) is 13.6 Å². The van der Waals surface area contributed by atoms with Crippen LogP contribution in [0.4, 0.5) is 8.78 Å². The van der Waals surface area contributed by atoms with E-state index in [0.717, 1.165) is 24.6 Å². The molecule has 1 N–H and O–H groups in total. The molecular weight excluding hydrogens is 262 g/mol. The zero-order valence-corrected chi connectivity index (χ0v) is 11.4. The summed E-state index contributed by atoms with van der Waals surface area (Å²) in [4.78, 5) is 12.3. The number of nitrogens with zero attached hydrogens (tertiary/aromatic N) is 1. The predicted octanol–water partition coefficient (Wildman–Crippen LogP) is 2.65. The summed E-state index contributed by atoms with van der Waals surface area (Å²) in [6, 6.07) is 3.11. The lowest BCUT2D eigenvalue weighted by Crippen LogP contribution is -2.45. The van der Waals surface area contributed by atoms with Crippen LogP contribution in [0.15, 0.2) is 23.3 Å². The Kier molecular flexibility index (Phi) is 2.88. The van der Waals surface area contributed by atoms with Gasteiger partial charge in [0.25, 0.3) is 0 Å². The van der Waals surface area contributed by atoms with Crippen LogP contribution >= 0.6 is 0 Å². The molecular formula is C15H16F2N2O. The van der Waals surface area contributed by atoms with Crippen molar-refractivity contribution in [2.45, 2.75) is 32.7 Å². The molecule has 0 amide bonds. The summed E-state index contributed by atoms with van der Waals surface area (Å²) >= 11 is 0.